The molecule has 1 aliphatic rings. The van der Waals surface area contributed by atoms with E-state index in [2.05, 4.69) is 36.4 Å². The van der Waals surface area contributed by atoms with E-state index >= 15 is 0 Å². The molecule has 0 bridgehead atoms. The summed E-state index contributed by atoms with van der Waals surface area (Å²) in [5.41, 5.74) is 0. The van der Waals surface area contributed by atoms with Crippen molar-refractivity contribution in [3.63, 3.8) is 0 Å². The van der Waals surface area contributed by atoms with Crippen LogP contribution in [-0.4, -0.2) is 50.1 Å². The Morgan fingerprint density at radius 3 is 2.53 bits per heavy atom. The Morgan fingerprint density at radius 1 is 1.41 bits per heavy atom. The molecule has 17 heavy (non-hydrogen) atoms. The summed E-state index contributed by atoms with van der Waals surface area (Å²) >= 11 is 0. The van der Waals surface area contributed by atoms with E-state index < -0.39 is 0 Å². The quantitative estimate of drug-likeness (QED) is 0.774. The van der Waals surface area contributed by atoms with E-state index in [4.69, 9.17) is 0 Å². The van der Waals surface area contributed by atoms with Gasteiger partial charge in [-0.25, -0.2) is 0 Å². The van der Waals surface area contributed by atoms with Crippen molar-refractivity contribution in [2.45, 2.75) is 32.7 Å². The van der Waals surface area contributed by atoms with Gasteiger partial charge in [0, 0.05) is 25.0 Å². The van der Waals surface area contributed by atoms with Crippen LogP contribution in [0.4, 0.5) is 0 Å². The predicted molar refractivity (Wildman–Crippen MR) is 73.6 cm³/mol. The fraction of sp³-hybridized carbons (Fsp3) is 0.917. The Morgan fingerprint density at radius 2 is 2.00 bits per heavy atom. The number of nitrogens with one attached hydrogen (secondary N) is 2. The first kappa shape index (κ1) is 16.7. The number of hydrogen-bond donors (Lipinski definition) is 2. The normalized spacial score (nSPS) is 17.0. The average molecular weight is 264 g/mol. The number of halogens is 1. The third kappa shape index (κ3) is 6.24. The highest BCUT2D eigenvalue weighted by atomic mass is 35.5. The van der Waals surface area contributed by atoms with Gasteiger partial charge in [0.25, 0.3) is 0 Å². The van der Waals surface area contributed by atoms with Crippen LogP contribution in [-0.2, 0) is 4.79 Å². The van der Waals surface area contributed by atoms with E-state index in [0.29, 0.717) is 6.04 Å². The molecular formula is C12H26ClN3O. The van der Waals surface area contributed by atoms with Gasteiger partial charge in [0.2, 0.25) is 5.91 Å². The summed E-state index contributed by atoms with van der Waals surface area (Å²) in [5.74, 6) is 0.462. The minimum absolute atomic E-state index is 0. The topological polar surface area (TPSA) is 44.4 Å². The Kier molecular flexibility index (Phi) is 8.56. The summed E-state index contributed by atoms with van der Waals surface area (Å²) in [7, 11) is 2.08. The maximum Gasteiger partial charge on any atom is 0.223 e. The zero-order valence-electron chi connectivity index (χ0n) is 11.2. The second kappa shape index (κ2) is 8.72. The molecule has 0 atom stereocenters. The molecule has 0 saturated carbocycles. The van der Waals surface area contributed by atoms with Crippen molar-refractivity contribution in [3.05, 3.63) is 0 Å². The first-order valence-corrected chi connectivity index (χ1v) is 6.30. The Bertz CT molecular complexity index is 218. The molecule has 1 amide bonds. The summed E-state index contributed by atoms with van der Waals surface area (Å²) in [6.45, 7) is 7.96. The van der Waals surface area contributed by atoms with Crippen LogP contribution in [0.25, 0.3) is 0 Å². The van der Waals surface area contributed by atoms with Gasteiger partial charge in [0.15, 0.2) is 0 Å². The lowest BCUT2D eigenvalue weighted by molar-refractivity contribution is -0.125. The van der Waals surface area contributed by atoms with Crippen molar-refractivity contribution in [1.29, 1.82) is 0 Å². The summed E-state index contributed by atoms with van der Waals surface area (Å²) in [4.78, 5) is 14.0. The minimum Gasteiger partial charge on any atom is -0.355 e. The SMILES string of the molecule is CC(C)N(C)CCNC(=O)C1CCNCC1.Cl. The Hall–Kier alpha value is -0.320. The molecule has 102 valence electrons. The lowest BCUT2D eigenvalue weighted by atomic mass is 9.97. The largest absolute Gasteiger partial charge is 0.355 e. The van der Waals surface area contributed by atoms with Gasteiger partial charge >= 0.3 is 0 Å². The molecule has 0 aromatic carbocycles. The molecule has 1 rings (SSSR count). The van der Waals surface area contributed by atoms with Gasteiger partial charge < -0.3 is 15.5 Å². The van der Waals surface area contributed by atoms with E-state index in [1.54, 1.807) is 0 Å². The van der Waals surface area contributed by atoms with Gasteiger partial charge in [-0.3, -0.25) is 4.79 Å². The monoisotopic (exact) mass is 263 g/mol. The highest BCUT2D eigenvalue weighted by Crippen LogP contribution is 2.10. The Labute approximate surface area is 111 Å². The second-order valence-corrected chi connectivity index (χ2v) is 4.89. The first-order valence-electron chi connectivity index (χ1n) is 6.30. The average Bonchev–Trinajstić information content (AvgIpc) is 2.29. The third-order valence-electron chi connectivity index (χ3n) is 3.36. The van der Waals surface area contributed by atoms with Gasteiger partial charge in [-0.15, -0.1) is 12.4 Å². The number of amides is 1. The van der Waals surface area contributed by atoms with Crippen molar-refractivity contribution >= 4 is 18.3 Å². The summed E-state index contributed by atoms with van der Waals surface area (Å²) in [6, 6.07) is 0.538. The molecule has 0 aliphatic carbocycles. The minimum atomic E-state index is 0. The number of piperidine rings is 1. The van der Waals surface area contributed by atoms with Crippen LogP contribution in [0.1, 0.15) is 26.7 Å². The van der Waals surface area contributed by atoms with E-state index in [1.165, 1.54) is 0 Å². The predicted octanol–water partition coefficient (Wildman–Crippen LogP) is 0.864. The molecule has 1 aliphatic heterocycles. The maximum atomic E-state index is 11.8. The fourth-order valence-electron chi connectivity index (χ4n) is 1.84. The summed E-state index contributed by atoms with van der Waals surface area (Å²) in [5, 5.41) is 6.30. The fourth-order valence-corrected chi connectivity index (χ4v) is 1.84. The van der Waals surface area contributed by atoms with Gasteiger partial charge in [-0.05, 0) is 46.8 Å². The molecule has 5 heteroatoms. The van der Waals surface area contributed by atoms with E-state index in [1.807, 2.05) is 0 Å². The molecule has 0 aromatic rings. The van der Waals surface area contributed by atoms with Crippen LogP contribution >= 0.6 is 12.4 Å². The van der Waals surface area contributed by atoms with Gasteiger partial charge in [0.05, 0.1) is 0 Å². The zero-order chi connectivity index (χ0) is 12.0. The van der Waals surface area contributed by atoms with E-state index in [9.17, 15) is 4.79 Å². The van der Waals surface area contributed by atoms with Crippen molar-refractivity contribution in [2.75, 3.05) is 33.2 Å². The number of likely N-dealkylation sites (N-methyl/N-ethyl adjacent to an activating group) is 1. The van der Waals surface area contributed by atoms with Crippen LogP contribution in [0.3, 0.4) is 0 Å². The number of hydrogen-bond acceptors (Lipinski definition) is 3. The number of nitrogens with zero attached hydrogens (tertiary/aromatic N) is 1. The molecule has 1 heterocycles. The van der Waals surface area contributed by atoms with Crippen LogP contribution in [0.15, 0.2) is 0 Å². The van der Waals surface area contributed by atoms with Gasteiger partial charge in [-0.1, -0.05) is 0 Å². The first-order chi connectivity index (χ1) is 7.61. The van der Waals surface area contributed by atoms with Gasteiger partial charge in [-0.2, -0.15) is 0 Å². The smallest absolute Gasteiger partial charge is 0.223 e. The van der Waals surface area contributed by atoms with E-state index in [0.717, 1.165) is 39.0 Å². The standard InChI is InChI=1S/C12H25N3O.ClH/c1-10(2)15(3)9-8-14-12(16)11-4-6-13-7-5-11;/h10-11,13H,4-9H2,1-3H3,(H,14,16);1H. The molecule has 1 fully saturated rings. The highest BCUT2D eigenvalue weighted by Gasteiger charge is 2.20. The lowest BCUT2D eigenvalue weighted by Gasteiger charge is -2.24. The molecule has 0 aromatic heterocycles. The number of carbonyl (C=O) groups is 1. The van der Waals surface area contributed by atoms with E-state index in [-0.39, 0.29) is 24.2 Å². The highest BCUT2D eigenvalue weighted by molar-refractivity contribution is 5.85. The molecule has 1 saturated heterocycles. The Balaban J connectivity index is 0.00000256. The van der Waals surface area contributed by atoms with Crippen molar-refractivity contribution in [1.82, 2.24) is 15.5 Å². The van der Waals surface area contributed by atoms with Crippen molar-refractivity contribution in [2.24, 2.45) is 5.92 Å². The molecule has 0 radical (unpaired) electrons. The van der Waals surface area contributed by atoms with Crippen LogP contribution in [0, 0.1) is 5.92 Å². The van der Waals surface area contributed by atoms with Crippen LogP contribution < -0.4 is 10.6 Å². The van der Waals surface area contributed by atoms with Crippen molar-refractivity contribution in [3.8, 4) is 0 Å². The summed E-state index contributed by atoms with van der Waals surface area (Å²) in [6.07, 6.45) is 1.96. The number of carbonyl (C=O) groups excluding carboxylic acids is 1. The molecular weight excluding hydrogens is 238 g/mol. The maximum absolute atomic E-state index is 11.8. The third-order valence-corrected chi connectivity index (χ3v) is 3.36. The lowest BCUT2D eigenvalue weighted by Crippen LogP contribution is -2.41. The molecule has 0 spiro atoms. The molecule has 4 nitrogen and oxygen atoms in total. The molecule has 2 N–H and O–H groups in total. The van der Waals surface area contributed by atoms with Gasteiger partial charge in [0.1, 0.15) is 0 Å². The second-order valence-electron chi connectivity index (χ2n) is 4.89. The molecule has 0 unspecified atom stereocenters. The van der Waals surface area contributed by atoms with Crippen LogP contribution in [0.2, 0.25) is 0 Å². The van der Waals surface area contributed by atoms with Crippen molar-refractivity contribution < 1.29 is 4.79 Å². The van der Waals surface area contributed by atoms with Crippen LogP contribution in [0.5, 0.6) is 0 Å². The number of rotatable bonds is 5. The zero-order valence-corrected chi connectivity index (χ0v) is 12.0. The summed E-state index contributed by atoms with van der Waals surface area (Å²) < 4.78 is 0.